The van der Waals surface area contributed by atoms with E-state index in [9.17, 15) is 4.79 Å². The zero-order valence-electron chi connectivity index (χ0n) is 10.2. The number of methoxy groups -OCH3 is 1. The Bertz CT molecular complexity index is 210. The number of hydrogen-bond acceptors (Lipinski definition) is 4. The van der Waals surface area contributed by atoms with Crippen molar-refractivity contribution in [2.45, 2.75) is 25.4 Å². The van der Waals surface area contributed by atoms with Gasteiger partial charge in [0.15, 0.2) is 0 Å². The molecule has 0 radical (unpaired) electrons. The van der Waals surface area contributed by atoms with Gasteiger partial charge < -0.3 is 20.1 Å². The van der Waals surface area contributed by atoms with E-state index in [1.807, 2.05) is 0 Å². The van der Waals surface area contributed by atoms with Crippen molar-refractivity contribution in [2.75, 3.05) is 40.0 Å². The molecule has 5 nitrogen and oxygen atoms in total. The van der Waals surface area contributed by atoms with Gasteiger partial charge in [-0.1, -0.05) is 13.3 Å². The number of ether oxygens (including phenoxy) is 2. The number of nitrogens with one attached hydrogen (secondary N) is 2. The van der Waals surface area contributed by atoms with Crippen molar-refractivity contribution in [1.29, 1.82) is 0 Å². The lowest BCUT2D eigenvalue weighted by Gasteiger charge is -2.37. The highest BCUT2D eigenvalue weighted by molar-refractivity contribution is 5.77. The summed E-state index contributed by atoms with van der Waals surface area (Å²) in [6.07, 6.45) is 2.00. The average Bonchev–Trinajstić information content (AvgIpc) is 2.29. The quantitative estimate of drug-likeness (QED) is 0.669. The second kappa shape index (κ2) is 6.83. The predicted molar refractivity (Wildman–Crippen MR) is 61.3 cm³/mol. The fraction of sp³-hybridized carbons (Fsp3) is 0.909. The van der Waals surface area contributed by atoms with Crippen LogP contribution in [0.2, 0.25) is 0 Å². The van der Waals surface area contributed by atoms with E-state index in [1.54, 1.807) is 0 Å². The Labute approximate surface area is 96.9 Å². The van der Waals surface area contributed by atoms with Gasteiger partial charge in [0.25, 0.3) is 0 Å². The number of morpholine rings is 1. The molecule has 1 unspecified atom stereocenters. The van der Waals surface area contributed by atoms with Crippen LogP contribution in [0.25, 0.3) is 0 Å². The normalized spacial score (nSPS) is 25.4. The minimum absolute atomic E-state index is 0.0906. The molecule has 1 aliphatic heterocycles. The van der Waals surface area contributed by atoms with Crippen LogP contribution >= 0.6 is 0 Å². The summed E-state index contributed by atoms with van der Waals surface area (Å²) < 4.78 is 10.6. The van der Waals surface area contributed by atoms with E-state index in [0.717, 1.165) is 25.9 Å². The summed E-state index contributed by atoms with van der Waals surface area (Å²) >= 11 is 0. The number of amides is 1. The zero-order chi connectivity index (χ0) is 11.9. The van der Waals surface area contributed by atoms with Gasteiger partial charge in [-0.15, -0.1) is 0 Å². The third-order valence-electron chi connectivity index (χ3n) is 2.72. The van der Waals surface area contributed by atoms with Crippen LogP contribution in [-0.2, 0) is 14.3 Å². The summed E-state index contributed by atoms with van der Waals surface area (Å²) in [5.41, 5.74) is -0.240. The maximum atomic E-state index is 11.3. The molecule has 5 heteroatoms. The van der Waals surface area contributed by atoms with Gasteiger partial charge in [0.05, 0.1) is 12.2 Å². The lowest BCUT2D eigenvalue weighted by atomic mass is 9.96. The number of rotatable bonds is 6. The van der Waals surface area contributed by atoms with Gasteiger partial charge in [-0.25, -0.2) is 0 Å². The van der Waals surface area contributed by atoms with E-state index in [0.29, 0.717) is 13.2 Å². The summed E-state index contributed by atoms with van der Waals surface area (Å²) in [6.45, 7) is 5.17. The molecule has 2 N–H and O–H groups in total. The first-order valence-corrected chi connectivity index (χ1v) is 5.83. The molecule has 1 aliphatic rings. The van der Waals surface area contributed by atoms with Crippen LogP contribution in [0.1, 0.15) is 19.8 Å². The summed E-state index contributed by atoms with van der Waals surface area (Å²) in [5, 5.41) is 6.16. The Hall–Kier alpha value is -0.650. The topological polar surface area (TPSA) is 59.6 Å². The van der Waals surface area contributed by atoms with Crippen molar-refractivity contribution in [2.24, 2.45) is 0 Å². The fourth-order valence-electron chi connectivity index (χ4n) is 1.97. The first-order chi connectivity index (χ1) is 7.72. The minimum atomic E-state index is -0.240. The molecule has 1 fully saturated rings. The van der Waals surface area contributed by atoms with Gasteiger partial charge in [-0.05, 0) is 6.42 Å². The van der Waals surface area contributed by atoms with Crippen molar-refractivity contribution < 1.29 is 14.3 Å². The van der Waals surface area contributed by atoms with E-state index in [2.05, 4.69) is 17.6 Å². The highest BCUT2D eigenvalue weighted by atomic mass is 16.5. The van der Waals surface area contributed by atoms with E-state index >= 15 is 0 Å². The molecule has 0 bridgehead atoms. The molecule has 16 heavy (non-hydrogen) atoms. The Kier molecular flexibility index (Phi) is 5.73. The Balaban J connectivity index is 2.40. The fourth-order valence-corrected chi connectivity index (χ4v) is 1.97. The van der Waals surface area contributed by atoms with Crippen LogP contribution in [0.3, 0.4) is 0 Å². The van der Waals surface area contributed by atoms with E-state index in [4.69, 9.17) is 9.47 Å². The molecule has 1 rings (SSSR count). The average molecular weight is 230 g/mol. The molecule has 0 aliphatic carbocycles. The first kappa shape index (κ1) is 13.4. The van der Waals surface area contributed by atoms with Crippen molar-refractivity contribution >= 4 is 5.91 Å². The van der Waals surface area contributed by atoms with Gasteiger partial charge >= 0.3 is 0 Å². The molecule has 0 spiro atoms. The molecule has 0 aromatic heterocycles. The zero-order valence-corrected chi connectivity index (χ0v) is 10.2. The lowest BCUT2D eigenvalue weighted by Crippen LogP contribution is -2.56. The molecular formula is C11H22N2O3. The maximum Gasteiger partial charge on any atom is 0.246 e. The van der Waals surface area contributed by atoms with Gasteiger partial charge in [-0.3, -0.25) is 4.79 Å². The monoisotopic (exact) mass is 230 g/mol. The van der Waals surface area contributed by atoms with Crippen LogP contribution in [0.15, 0.2) is 0 Å². The number of hydrogen-bond donors (Lipinski definition) is 2. The van der Waals surface area contributed by atoms with Crippen LogP contribution in [0, 0.1) is 0 Å². The Morgan fingerprint density at radius 2 is 2.44 bits per heavy atom. The maximum absolute atomic E-state index is 11.3. The predicted octanol–water partition coefficient (Wildman–Crippen LogP) is -0.0923. The van der Waals surface area contributed by atoms with E-state index < -0.39 is 0 Å². The van der Waals surface area contributed by atoms with Gasteiger partial charge in [0, 0.05) is 26.7 Å². The van der Waals surface area contributed by atoms with Crippen LogP contribution in [0.5, 0.6) is 0 Å². The number of carbonyl (C=O) groups excluding carboxylic acids is 1. The molecule has 0 aromatic rings. The molecule has 1 amide bonds. The van der Waals surface area contributed by atoms with Crippen molar-refractivity contribution in [3.8, 4) is 0 Å². The van der Waals surface area contributed by atoms with Gasteiger partial charge in [0.2, 0.25) is 5.91 Å². The molecule has 1 heterocycles. The lowest BCUT2D eigenvalue weighted by molar-refractivity contribution is -0.128. The highest BCUT2D eigenvalue weighted by Gasteiger charge is 2.32. The van der Waals surface area contributed by atoms with Crippen molar-refractivity contribution in [1.82, 2.24) is 10.6 Å². The van der Waals surface area contributed by atoms with E-state index in [1.165, 1.54) is 7.11 Å². The SMILES string of the molecule is CCCC1(CNC(=O)COC)CNCCO1. The third-order valence-corrected chi connectivity index (χ3v) is 2.72. The van der Waals surface area contributed by atoms with Crippen molar-refractivity contribution in [3.63, 3.8) is 0 Å². The summed E-state index contributed by atoms with van der Waals surface area (Å²) in [4.78, 5) is 11.3. The second-order valence-electron chi connectivity index (χ2n) is 4.17. The van der Waals surface area contributed by atoms with Crippen LogP contribution < -0.4 is 10.6 Å². The standard InChI is InChI=1S/C11H22N2O3/c1-3-4-11(8-12-5-6-16-11)9-13-10(14)7-15-2/h12H,3-9H2,1-2H3,(H,13,14). The van der Waals surface area contributed by atoms with Gasteiger partial charge in [-0.2, -0.15) is 0 Å². The molecule has 1 saturated heterocycles. The third kappa shape index (κ3) is 4.08. The van der Waals surface area contributed by atoms with Gasteiger partial charge in [0.1, 0.15) is 6.61 Å². The molecule has 1 atom stereocenters. The Morgan fingerprint density at radius 3 is 3.00 bits per heavy atom. The first-order valence-electron chi connectivity index (χ1n) is 5.83. The smallest absolute Gasteiger partial charge is 0.246 e. The molecule has 0 saturated carbocycles. The van der Waals surface area contributed by atoms with Crippen molar-refractivity contribution in [3.05, 3.63) is 0 Å². The minimum Gasteiger partial charge on any atom is -0.375 e. The molecule has 0 aromatic carbocycles. The Morgan fingerprint density at radius 1 is 1.62 bits per heavy atom. The molecule has 94 valence electrons. The highest BCUT2D eigenvalue weighted by Crippen LogP contribution is 2.18. The summed E-state index contributed by atoms with van der Waals surface area (Å²) in [6, 6.07) is 0. The second-order valence-corrected chi connectivity index (χ2v) is 4.17. The largest absolute Gasteiger partial charge is 0.375 e. The summed E-state index contributed by atoms with van der Waals surface area (Å²) in [7, 11) is 1.51. The van der Waals surface area contributed by atoms with Crippen LogP contribution in [-0.4, -0.2) is 51.5 Å². The summed E-state index contributed by atoms with van der Waals surface area (Å²) in [5.74, 6) is -0.0906. The number of carbonyl (C=O) groups is 1. The van der Waals surface area contributed by atoms with Crippen LogP contribution in [0.4, 0.5) is 0 Å². The molecular weight excluding hydrogens is 208 g/mol. The van der Waals surface area contributed by atoms with E-state index in [-0.39, 0.29) is 18.1 Å².